The SMILES string of the molecule is CCc1ccsc1CNS(=O)(=O)c1cnc(NN)nc1. The molecule has 0 aliphatic rings. The van der Waals surface area contributed by atoms with Gasteiger partial charge in [-0.1, -0.05) is 6.92 Å². The van der Waals surface area contributed by atoms with Crippen LogP contribution in [0.2, 0.25) is 0 Å². The van der Waals surface area contributed by atoms with Crippen LogP contribution in [-0.2, 0) is 23.0 Å². The van der Waals surface area contributed by atoms with Crippen LogP contribution in [0.25, 0.3) is 0 Å². The Bertz CT molecular complexity index is 666. The van der Waals surface area contributed by atoms with Gasteiger partial charge in [-0.05, 0) is 23.4 Å². The normalized spacial score (nSPS) is 11.5. The highest BCUT2D eigenvalue weighted by molar-refractivity contribution is 7.89. The van der Waals surface area contributed by atoms with Gasteiger partial charge in [0.05, 0.1) is 12.4 Å². The number of rotatable bonds is 6. The van der Waals surface area contributed by atoms with Crippen molar-refractivity contribution in [2.45, 2.75) is 24.8 Å². The van der Waals surface area contributed by atoms with Crippen LogP contribution >= 0.6 is 11.3 Å². The van der Waals surface area contributed by atoms with Crippen LogP contribution in [0.5, 0.6) is 0 Å². The summed E-state index contributed by atoms with van der Waals surface area (Å²) in [6, 6.07) is 2.00. The lowest BCUT2D eigenvalue weighted by molar-refractivity contribution is 0.580. The molecule has 0 aliphatic carbocycles. The third kappa shape index (κ3) is 3.31. The van der Waals surface area contributed by atoms with Gasteiger partial charge in [0, 0.05) is 11.4 Å². The Morgan fingerprint density at radius 1 is 1.35 bits per heavy atom. The summed E-state index contributed by atoms with van der Waals surface area (Å²) in [5.74, 6) is 5.29. The summed E-state index contributed by atoms with van der Waals surface area (Å²) in [4.78, 5) is 8.57. The number of anilines is 1. The third-order valence-electron chi connectivity index (χ3n) is 2.71. The van der Waals surface area contributed by atoms with Gasteiger partial charge in [-0.3, -0.25) is 5.43 Å². The molecule has 0 unspecified atom stereocenters. The fourth-order valence-electron chi connectivity index (χ4n) is 1.61. The minimum atomic E-state index is -3.62. The highest BCUT2D eigenvalue weighted by Gasteiger charge is 2.16. The number of thiophene rings is 1. The van der Waals surface area contributed by atoms with Crippen LogP contribution in [0.4, 0.5) is 5.95 Å². The van der Waals surface area contributed by atoms with Crippen molar-refractivity contribution in [1.82, 2.24) is 14.7 Å². The maximum Gasteiger partial charge on any atom is 0.243 e. The maximum atomic E-state index is 12.1. The molecular weight excluding hydrogens is 298 g/mol. The Hall–Kier alpha value is -1.55. The lowest BCUT2D eigenvalue weighted by Crippen LogP contribution is -2.24. The van der Waals surface area contributed by atoms with Gasteiger partial charge in [0.1, 0.15) is 4.90 Å². The Morgan fingerprint density at radius 3 is 2.65 bits per heavy atom. The molecule has 0 atom stereocenters. The Morgan fingerprint density at radius 2 is 2.05 bits per heavy atom. The van der Waals surface area contributed by atoms with Gasteiger partial charge >= 0.3 is 0 Å². The van der Waals surface area contributed by atoms with Crippen LogP contribution in [0.3, 0.4) is 0 Å². The quantitative estimate of drug-likeness (QED) is 0.539. The average molecular weight is 313 g/mol. The molecule has 0 radical (unpaired) electrons. The van der Waals surface area contributed by atoms with Gasteiger partial charge in [-0.2, -0.15) is 0 Å². The standard InChI is InChI=1S/C11H15N5O2S2/c1-2-8-3-4-19-10(8)7-15-20(17,18)9-5-13-11(16-12)14-6-9/h3-6,15H,2,7,12H2,1H3,(H,13,14,16). The van der Waals surface area contributed by atoms with Crippen LogP contribution in [0.15, 0.2) is 28.7 Å². The highest BCUT2D eigenvalue weighted by Crippen LogP contribution is 2.18. The molecule has 2 rings (SSSR count). The van der Waals surface area contributed by atoms with E-state index in [0.717, 1.165) is 16.9 Å². The Labute approximate surface area is 121 Å². The zero-order valence-electron chi connectivity index (χ0n) is 10.8. The van der Waals surface area contributed by atoms with Crippen molar-refractivity contribution in [1.29, 1.82) is 0 Å². The second-order valence-electron chi connectivity index (χ2n) is 3.93. The minimum absolute atomic E-state index is 0.00565. The summed E-state index contributed by atoms with van der Waals surface area (Å²) >= 11 is 1.53. The molecule has 9 heteroatoms. The van der Waals surface area contributed by atoms with Crippen molar-refractivity contribution in [3.63, 3.8) is 0 Å². The molecule has 0 bridgehead atoms. The first-order valence-electron chi connectivity index (χ1n) is 5.90. The number of hydrogen-bond acceptors (Lipinski definition) is 7. The maximum absolute atomic E-state index is 12.1. The van der Waals surface area contributed by atoms with Crippen LogP contribution in [-0.4, -0.2) is 18.4 Å². The molecule has 0 saturated carbocycles. The summed E-state index contributed by atoms with van der Waals surface area (Å²) < 4.78 is 26.7. The van der Waals surface area contributed by atoms with Crippen molar-refractivity contribution >= 4 is 27.3 Å². The summed E-state index contributed by atoms with van der Waals surface area (Å²) in [5.41, 5.74) is 3.39. The molecule has 108 valence electrons. The van der Waals surface area contributed by atoms with E-state index in [2.05, 4.69) is 20.1 Å². The lowest BCUT2D eigenvalue weighted by Gasteiger charge is -2.07. The number of aromatic nitrogens is 2. The van der Waals surface area contributed by atoms with Crippen molar-refractivity contribution in [3.8, 4) is 0 Å². The first kappa shape index (κ1) is 14.9. The van der Waals surface area contributed by atoms with E-state index in [4.69, 9.17) is 5.84 Å². The minimum Gasteiger partial charge on any atom is -0.292 e. The van der Waals surface area contributed by atoms with Gasteiger partial charge < -0.3 is 0 Å². The van der Waals surface area contributed by atoms with Gasteiger partial charge in [0.2, 0.25) is 16.0 Å². The van der Waals surface area contributed by atoms with Crippen LogP contribution < -0.4 is 16.0 Å². The van der Waals surface area contributed by atoms with Gasteiger partial charge in [-0.15, -0.1) is 11.3 Å². The van der Waals surface area contributed by atoms with E-state index in [1.165, 1.54) is 23.7 Å². The molecule has 2 heterocycles. The van der Waals surface area contributed by atoms with Crippen LogP contribution in [0.1, 0.15) is 17.4 Å². The predicted octanol–water partition coefficient (Wildman–Crippen LogP) is 0.865. The molecule has 0 spiro atoms. The fraction of sp³-hybridized carbons (Fsp3) is 0.273. The molecule has 0 aromatic carbocycles. The Balaban J connectivity index is 2.10. The Kier molecular flexibility index (Phi) is 4.65. The molecule has 7 nitrogen and oxygen atoms in total. The largest absolute Gasteiger partial charge is 0.292 e. The van der Waals surface area contributed by atoms with E-state index >= 15 is 0 Å². The van der Waals surface area contributed by atoms with Crippen molar-refractivity contribution in [3.05, 3.63) is 34.3 Å². The molecule has 20 heavy (non-hydrogen) atoms. The number of aryl methyl sites for hydroxylation is 1. The van der Waals surface area contributed by atoms with E-state index < -0.39 is 10.0 Å². The summed E-state index contributed by atoms with van der Waals surface area (Å²) in [5, 5.41) is 1.95. The van der Waals surface area contributed by atoms with Crippen molar-refractivity contribution in [2.24, 2.45) is 5.84 Å². The number of hydrazine groups is 1. The molecule has 2 aromatic rings. The lowest BCUT2D eigenvalue weighted by atomic mass is 10.2. The summed E-state index contributed by atoms with van der Waals surface area (Å²) in [6.07, 6.45) is 3.29. The number of nitrogens with one attached hydrogen (secondary N) is 2. The number of nitrogens with zero attached hydrogens (tertiary/aromatic N) is 2. The van der Waals surface area contributed by atoms with Crippen molar-refractivity contribution < 1.29 is 8.42 Å². The zero-order valence-corrected chi connectivity index (χ0v) is 12.5. The van der Waals surface area contributed by atoms with E-state index in [1.54, 1.807) is 0 Å². The van der Waals surface area contributed by atoms with E-state index in [0.29, 0.717) is 0 Å². The summed E-state index contributed by atoms with van der Waals surface area (Å²) in [6.45, 7) is 2.30. The first-order valence-corrected chi connectivity index (χ1v) is 8.26. The first-order chi connectivity index (χ1) is 9.56. The zero-order chi connectivity index (χ0) is 14.6. The highest BCUT2D eigenvalue weighted by atomic mass is 32.2. The fourth-order valence-corrected chi connectivity index (χ4v) is 3.50. The van der Waals surface area contributed by atoms with Crippen LogP contribution in [0, 0.1) is 0 Å². The number of sulfonamides is 1. The van der Waals surface area contributed by atoms with Gasteiger partial charge in [0.15, 0.2) is 0 Å². The second-order valence-corrected chi connectivity index (χ2v) is 6.70. The second kappa shape index (κ2) is 6.27. The van der Waals surface area contributed by atoms with E-state index in [1.807, 2.05) is 18.4 Å². The number of nitrogen functional groups attached to an aromatic ring is 1. The average Bonchev–Trinajstić information content (AvgIpc) is 2.93. The molecule has 0 fully saturated rings. The van der Waals surface area contributed by atoms with E-state index in [9.17, 15) is 8.42 Å². The van der Waals surface area contributed by atoms with Gasteiger partial charge in [0.25, 0.3) is 0 Å². The molecule has 0 aliphatic heterocycles. The molecule has 0 saturated heterocycles. The summed E-state index contributed by atoms with van der Waals surface area (Å²) in [7, 11) is -3.62. The monoisotopic (exact) mass is 313 g/mol. The van der Waals surface area contributed by atoms with Crippen molar-refractivity contribution in [2.75, 3.05) is 5.43 Å². The number of nitrogens with two attached hydrogens (primary N) is 1. The number of hydrogen-bond donors (Lipinski definition) is 3. The predicted molar refractivity (Wildman–Crippen MR) is 77.6 cm³/mol. The molecule has 4 N–H and O–H groups in total. The van der Waals surface area contributed by atoms with Gasteiger partial charge in [-0.25, -0.2) is 29.0 Å². The smallest absolute Gasteiger partial charge is 0.243 e. The third-order valence-corrected chi connectivity index (χ3v) is 5.03. The molecule has 2 aromatic heterocycles. The molecule has 0 amide bonds. The topological polar surface area (TPSA) is 110 Å². The van der Waals surface area contributed by atoms with E-state index in [-0.39, 0.29) is 17.4 Å². The molecular formula is C11H15N5O2S2.